The summed E-state index contributed by atoms with van der Waals surface area (Å²) in [5, 5.41) is 12.0. The van der Waals surface area contributed by atoms with E-state index in [4.69, 9.17) is 4.74 Å². The largest absolute Gasteiger partial charge is 0.480 e. The number of carboxylic acids is 1. The molecule has 1 saturated heterocycles. The molecule has 0 saturated carbocycles. The topological polar surface area (TPSA) is 58.6 Å². The quantitative estimate of drug-likeness (QED) is 0.814. The molecular weight excluding hydrogens is 225 g/mol. The molecule has 0 bridgehead atoms. The molecular formula is C12H14FNO3. The zero-order valence-corrected chi connectivity index (χ0v) is 9.44. The van der Waals surface area contributed by atoms with Crippen molar-refractivity contribution in [2.75, 3.05) is 20.3 Å². The van der Waals surface area contributed by atoms with Crippen molar-refractivity contribution in [1.82, 2.24) is 5.32 Å². The van der Waals surface area contributed by atoms with Gasteiger partial charge in [-0.3, -0.25) is 4.79 Å². The Morgan fingerprint density at radius 2 is 2.29 bits per heavy atom. The third-order valence-corrected chi connectivity index (χ3v) is 3.21. The minimum absolute atomic E-state index is 0.286. The van der Waals surface area contributed by atoms with Gasteiger partial charge in [-0.2, -0.15) is 0 Å². The zero-order chi connectivity index (χ0) is 12.5. The van der Waals surface area contributed by atoms with Gasteiger partial charge < -0.3 is 15.2 Å². The lowest BCUT2D eigenvalue weighted by Crippen LogP contribution is -2.62. The Balaban J connectivity index is 2.40. The first-order chi connectivity index (χ1) is 8.10. The normalized spacial score (nSPS) is 19.4. The molecule has 92 valence electrons. The van der Waals surface area contributed by atoms with Gasteiger partial charge in [0, 0.05) is 0 Å². The molecule has 1 aliphatic rings. The number of halogens is 1. The summed E-state index contributed by atoms with van der Waals surface area (Å²) in [6.07, 6.45) is 0. The number of rotatable bonds is 4. The van der Waals surface area contributed by atoms with Crippen LogP contribution in [0.25, 0.3) is 0 Å². The summed E-state index contributed by atoms with van der Waals surface area (Å²) in [5.41, 5.74) is -0.0200. The van der Waals surface area contributed by atoms with Crippen molar-refractivity contribution < 1.29 is 19.0 Å². The first-order valence-electron chi connectivity index (χ1n) is 5.34. The molecule has 1 unspecified atom stereocenters. The van der Waals surface area contributed by atoms with E-state index in [-0.39, 0.29) is 19.0 Å². The van der Waals surface area contributed by atoms with Gasteiger partial charge in [0.05, 0.1) is 18.6 Å². The summed E-state index contributed by atoms with van der Waals surface area (Å²) in [4.78, 5) is 11.2. The van der Waals surface area contributed by atoms with Crippen LogP contribution in [0.4, 0.5) is 4.39 Å². The van der Waals surface area contributed by atoms with Gasteiger partial charge in [-0.05, 0) is 24.7 Å². The summed E-state index contributed by atoms with van der Waals surface area (Å²) >= 11 is 0. The van der Waals surface area contributed by atoms with E-state index < -0.39 is 17.4 Å². The standard InChI is InChI=1S/C12H14FNO3/c1-14-10(11(15)16)12(6-17-7-12)8-3-2-4-9(13)5-8/h2-5,10,14H,6-7H2,1H3,(H,15,16). The summed E-state index contributed by atoms with van der Waals surface area (Å²) in [6.45, 7) is 0.572. The van der Waals surface area contributed by atoms with Crippen molar-refractivity contribution in [3.63, 3.8) is 0 Å². The van der Waals surface area contributed by atoms with E-state index in [0.29, 0.717) is 5.56 Å². The second-order valence-electron chi connectivity index (χ2n) is 4.22. The molecule has 4 nitrogen and oxygen atoms in total. The van der Waals surface area contributed by atoms with Crippen molar-refractivity contribution in [1.29, 1.82) is 0 Å². The maximum Gasteiger partial charge on any atom is 0.321 e. The predicted octanol–water partition coefficient (Wildman–Crippen LogP) is 0.766. The molecule has 1 atom stereocenters. The Kier molecular flexibility index (Phi) is 3.13. The summed E-state index contributed by atoms with van der Waals surface area (Å²) in [6, 6.07) is 5.25. The minimum Gasteiger partial charge on any atom is -0.480 e. The minimum atomic E-state index is -0.958. The molecule has 0 aliphatic carbocycles. The lowest BCUT2D eigenvalue weighted by molar-refractivity contribution is -0.150. The van der Waals surface area contributed by atoms with Gasteiger partial charge in [-0.1, -0.05) is 12.1 Å². The fourth-order valence-corrected chi connectivity index (χ4v) is 2.26. The maximum absolute atomic E-state index is 13.2. The van der Waals surface area contributed by atoms with Gasteiger partial charge in [-0.25, -0.2) is 4.39 Å². The summed E-state index contributed by atoms with van der Waals surface area (Å²) in [7, 11) is 1.58. The highest BCUT2D eigenvalue weighted by Crippen LogP contribution is 2.36. The van der Waals surface area contributed by atoms with Gasteiger partial charge in [0.2, 0.25) is 0 Å². The summed E-state index contributed by atoms with van der Waals surface area (Å²) < 4.78 is 18.4. The van der Waals surface area contributed by atoms with Gasteiger partial charge in [0.15, 0.2) is 0 Å². The molecule has 1 aromatic rings. The molecule has 2 N–H and O–H groups in total. The summed E-state index contributed by atoms with van der Waals surface area (Å²) in [5.74, 6) is -1.32. The Morgan fingerprint density at radius 1 is 1.59 bits per heavy atom. The Bertz CT molecular complexity index is 432. The van der Waals surface area contributed by atoms with Crippen molar-refractivity contribution in [2.45, 2.75) is 11.5 Å². The van der Waals surface area contributed by atoms with Crippen LogP contribution in [0, 0.1) is 5.82 Å². The van der Waals surface area contributed by atoms with Gasteiger partial charge in [0.25, 0.3) is 0 Å². The smallest absolute Gasteiger partial charge is 0.321 e. The molecule has 1 aliphatic heterocycles. The van der Waals surface area contributed by atoms with Crippen molar-refractivity contribution in [3.8, 4) is 0 Å². The maximum atomic E-state index is 13.2. The van der Waals surface area contributed by atoms with Crippen LogP contribution >= 0.6 is 0 Å². The zero-order valence-electron chi connectivity index (χ0n) is 9.44. The monoisotopic (exact) mass is 239 g/mol. The van der Waals surface area contributed by atoms with Crippen LogP contribution in [-0.2, 0) is 14.9 Å². The third-order valence-electron chi connectivity index (χ3n) is 3.21. The van der Waals surface area contributed by atoms with Gasteiger partial charge in [-0.15, -0.1) is 0 Å². The molecule has 1 aromatic carbocycles. The van der Waals surface area contributed by atoms with E-state index in [1.807, 2.05) is 0 Å². The molecule has 1 heterocycles. The molecule has 0 amide bonds. The number of aliphatic carboxylic acids is 1. The molecule has 1 fully saturated rings. The number of carbonyl (C=O) groups is 1. The third kappa shape index (κ3) is 1.92. The van der Waals surface area contributed by atoms with Crippen LogP contribution in [0.2, 0.25) is 0 Å². The molecule has 0 radical (unpaired) electrons. The van der Waals surface area contributed by atoms with E-state index >= 15 is 0 Å². The first-order valence-corrected chi connectivity index (χ1v) is 5.34. The van der Waals surface area contributed by atoms with E-state index in [1.165, 1.54) is 12.1 Å². The second-order valence-corrected chi connectivity index (χ2v) is 4.22. The molecule has 5 heteroatoms. The van der Waals surface area contributed by atoms with E-state index in [0.717, 1.165) is 0 Å². The van der Waals surface area contributed by atoms with E-state index in [9.17, 15) is 14.3 Å². The highest BCUT2D eigenvalue weighted by molar-refractivity contribution is 5.76. The number of benzene rings is 1. The van der Waals surface area contributed by atoms with Crippen molar-refractivity contribution >= 4 is 5.97 Å². The average molecular weight is 239 g/mol. The lowest BCUT2D eigenvalue weighted by atomic mass is 9.72. The number of hydrogen-bond acceptors (Lipinski definition) is 3. The number of nitrogens with one attached hydrogen (secondary N) is 1. The average Bonchev–Trinajstić information content (AvgIpc) is 2.22. The lowest BCUT2D eigenvalue weighted by Gasteiger charge is -2.45. The fourth-order valence-electron chi connectivity index (χ4n) is 2.26. The van der Waals surface area contributed by atoms with Crippen LogP contribution in [0.15, 0.2) is 24.3 Å². The van der Waals surface area contributed by atoms with Crippen LogP contribution in [0.1, 0.15) is 5.56 Å². The predicted molar refractivity (Wildman–Crippen MR) is 59.4 cm³/mol. The highest BCUT2D eigenvalue weighted by Gasteiger charge is 2.50. The number of likely N-dealkylation sites (N-methyl/N-ethyl adjacent to an activating group) is 1. The molecule has 17 heavy (non-hydrogen) atoms. The Labute approximate surface area is 98.4 Å². The van der Waals surface area contributed by atoms with Crippen LogP contribution < -0.4 is 5.32 Å². The second kappa shape index (κ2) is 4.43. The molecule has 0 aromatic heterocycles. The van der Waals surface area contributed by atoms with Crippen LogP contribution in [0.5, 0.6) is 0 Å². The molecule has 2 rings (SSSR count). The van der Waals surface area contributed by atoms with Crippen molar-refractivity contribution in [2.24, 2.45) is 0 Å². The van der Waals surface area contributed by atoms with E-state index in [1.54, 1.807) is 19.2 Å². The Hall–Kier alpha value is -1.46. The molecule has 0 spiro atoms. The SMILES string of the molecule is CNC(C(=O)O)C1(c2cccc(F)c2)COC1. The fraction of sp³-hybridized carbons (Fsp3) is 0.417. The highest BCUT2D eigenvalue weighted by atomic mass is 19.1. The number of hydrogen-bond donors (Lipinski definition) is 2. The van der Waals surface area contributed by atoms with Gasteiger partial charge in [0.1, 0.15) is 11.9 Å². The number of ether oxygens (including phenoxy) is 1. The van der Waals surface area contributed by atoms with Crippen molar-refractivity contribution in [3.05, 3.63) is 35.6 Å². The van der Waals surface area contributed by atoms with Crippen LogP contribution in [-0.4, -0.2) is 37.4 Å². The van der Waals surface area contributed by atoms with E-state index in [2.05, 4.69) is 5.32 Å². The Morgan fingerprint density at radius 3 is 2.71 bits per heavy atom. The van der Waals surface area contributed by atoms with Crippen LogP contribution in [0.3, 0.4) is 0 Å². The first kappa shape index (κ1) is 12.0. The van der Waals surface area contributed by atoms with Gasteiger partial charge >= 0.3 is 5.97 Å². The number of carboxylic acid groups (broad SMARTS) is 1.